The number of allylic oxidation sites excluding steroid dienone is 2. The average Bonchev–Trinajstić information content (AvgIpc) is 3.24. The molecule has 5 nitrogen and oxygen atoms in total. The lowest BCUT2D eigenvalue weighted by Gasteiger charge is -2.58. The Labute approximate surface area is 175 Å². The molecule has 3 aliphatic carbocycles. The quantitative estimate of drug-likeness (QED) is 0.723. The van der Waals surface area contributed by atoms with Gasteiger partial charge in [-0.2, -0.15) is 0 Å². The molecule has 2 saturated carbocycles. The molecule has 6 heteroatoms. The van der Waals surface area contributed by atoms with Crippen molar-refractivity contribution in [2.45, 2.75) is 58.8 Å². The summed E-state index contributed by atoms with van der Waals surface area (Å²) < 4.78 is 28.3. The molecule has 1 aliphatic heterocycles. The normalized spacial score (nSPS) is 43.1. The van der Waals surface area contributed by atoms with E-state index in [0.717, 1.165) is 24.7 Å². The van der Waals surface area contributed by atoms with E-state index in [2.05, 4.69) is 35.7 Å². The van der Waals surface area contributed by atoms with Gasteiger partial charge in [0.15, 0.2) is 0 Å². The van der Waals surface area contributed by atoms with Gasteiger partial charge < -0.3 is 4.57 Å². The molecule has 0 bridgehead atoms. The first-order chi connectivity index (χ1) is 13.7. The maximum absolute atomic E-state index is 12.2. The Bertz CT molecular complexity index is 909. The smallest absolute Gasteiger partial charge is 0.211 e. The van der Waals surface area contributed by atoms with E-state index in [1.807, 2.05) is 12.5 Å². The fraction of sp³-hybridized carbons (Fsp3) is 0.783. The van der Waals surface area contributed by atoms with Gasteiger partial charge >= 0.3 is 0 Å². The van der Waals surface area contributed by atoms with Gasteiger partial charge in [0.25, 0.3) is 0 Å². The molecule has 160 valence electrons. The predicted molar refractivity (Wildman–Crippen MR) is 115 cm³/mol. The molecule has 2 heterocycles. The summed E-state index contributed by atoms with van der Waals surface area (Å²) >= 11 is 0. The summed E-state index contributed by atoms with van der Waals surface area (Å²) in [6, 6.07) is 0. The molecule has 1 aromatic heterocycles. The van der Waals surface area contributed by atoms with Crippen LogP contribution in [-0.4, -0.2) is 41.6 Å². The van der Waals surface area contributed by atoms with Crippen LogP contribution in [-0.2, 0) is 10.0 Å². The first-order valence-corrected chi connectivity index (χ1v) is 13.2. The summed E-state index contributed by atoms with van der Waals surface area (Å²) in [6.45, 7) is 6.40. The van der Waals surface area contributed by atoms with Crippen molar-refractivity contribution in [2.75, 3.05) is 19.3 Å². The van der Waals surface area contributed by atoms with Gasteiger partial charge in [0.05, 0.1) is 12.6 Å². The molecule has 1 saturated heterocycles. The standard InChI is InChI=1S/C23H35N3O2S/c1-22-11-14-26(29(3,27)28)13-9-17(22)4-5-18-19-6-7-21(25-15-12-24-16-25)23(19,2)10-8-20(18)22/h7,12,15-20H,4-6,8-11,13-14H2,1-3H3/t17?,18?,19?,20?,22-,23-/m0/s1. The molecule has 4 unspecified atom stereocenters. The Hall–Kier alpha value is -1.14. The second-order valence-corrected chi connectivity index (χ2v) is 12.6. The second kappa shape index (κ2) is 6.68. The fourth-order valence-electron chi connectivity index (χ4n) is 7.85. The number of nitrogens with zero attached hydrogens (tertiary/aromatic N) is 3. The molecule has 0 N–H and O–H groups in total. The molecular weight excluding hydrogens is 382 g/mol. The van der Waals surface area contributed by atoms with Crippen LogP contribution in [0.2, 0.25) is 0 Å². The average molecular weight is 418 g/mol. The van der Waals surface area contributed by atoms with Crippen molar-refractivity contribution in [2.24, 2.45) is 34.5 Å². The highest BCUT2D eigenvalue weighted by atomic mass is 32.2. The van der Waals surface area contributed by atoms with Crippen LogP contribution < -0.4 is 0 Å². The molecule has 0 radical (unpaired) electrons. The first-order valence-electron chi connectivity index (χ1n) is 11.4. The Morgan fingerprint density at radius 3 is 2.62 bits per heavy atom. The fourth-order valence-corrected chi connectivity index (χ4v) is 8.71. The lowest BCUT2D eigenvalue weighted by molar-refractivity contribution is -0.0799. The number of imidazole rings is 1. The van der Waals surface area contributed by atoms with Crippen LogP contribution in [0.3, 0.4) is 0 Å². The van der Waals surface area contributed by atoms with Crippen LogP contribution >= 0.6 is 0 Å². The number of hydrogen-bond donors (Lipinski definition) is 0. The minimum atomic E-state index is -3.09. The Balaban J connectivity index is 1.42. The lowest BCUT2D eigenvalue weighted by atomic mass is 9.46. The van der Waals surface area contributed by atoms with Gasteiger partial charge in [-0.15, -0.1) is 0 Å². The number of aromatic nitrogens is 2. The maximum atomic E-state index is 12.2. The third-order valence-corrected chi connectivity index (χ3v) is 10.8. The number of hydrogen-bond acceptors (Lipinski definition) is 3. The number of rotatable bonds is 2. The van der Waals surface area contributed by atoms with E-state index >= 15 is 0 Å². The lowest BCUT2D eigenvalue weighted by Crippen LogP contribution is -2.51. The summed E-state index contributed by atoms with van der Waals surface area (Å²) in [7, 11) is -3.09. The first kappa shape index (κ1) is 19.8. The maximum Gasteiger partial charge on any atom is 0.211 e. The number of fused-ring (bicyclic) bond motifs is 5. The molecule has 3 fully saturated rings. The summed E-state index contributed by atoms with van der Waals surface area (Å²) in [6.07, 6.45) is 18.1. The van der Waals surface area contributed by atoms with Gasteiger partial charge in [-0.25, -0.2) is 17.7 Å². The van der Waals surface area contributed by atoms with E-state index in [1.165, 1.54) is 44.1 Å². The minimum Gasteiger partial charge on any atom is -0.310 e. The largest absolute Gasteiger partial charge is 0.310 e. The Kier molecular flexibility index (Phi) is 4.56. The van der Waals surface area contributed by atoms with Crippen molar-refractivity contribution < 1.29 is 8.42 Å². The monoisotopic (exact) mass is 417 g/mol. The van der Waals surface area contributed by atoms with Crippen molar-refractivity contribution in [3.63, 3.8) is 0 Å². The highest BCUT2D eigenvalue weighted by Gasteiger charge is 2.58. The predicted octanol–water partition coefficient (Wildman–Crippen LogP) is 4.25. The number of sulfonamides is 1. The molecule has 5 rings (SSSR count). The van der Waals surface area contributed by atoms with Crippen LogP contribution in [0.4, 0.5) is 0 Å². The van der Waals surface area contributed by atoms with Crippen LogP contribution in [0.5, 0.6) is 0 Å². The van der Waals surface area contributed by atoms with Gasteiger partial charge in [0.1, 0.15) is 0 Å². The van der Waals surface area contributed by atoms with E-state index < -0.39 is 10.0 Å². The molecule has 29 heavy (non-hydrogen) atoms. The summed E-state index contributed by atoms with van der Waals surface area (Å²) in [5, 5.41) is 0. The van der Waals surface area contributed by atoms with Crippen LogP contribution in [0.25, 0.3) is 5.70 Å². The Morgan fingerprint density at radius 2 is 1.90 bits per heavy atom. The van der Waals surface area contributed by atoms with Gasteiger partial charge in [-0.3, -0.25) is 0 Å². The molecule has 6 atom stereocenters. The molecule has 0 aromatic carbocycles. The van der Waals surface area contributed by atoms with E-state index in [1.54, 1.807) is 4.31 Å². The van der Waals surface area contributed by atoms with Crippen molar-refractivity contribution in [1.82, 2.24) is 13.9 Å². The van der Waals surface area contributed by atoms with Crippen LogP contribution in [0.15, 0.2) is 24.8 Å². The van der Waals surface area contributed by atoms with Crippen LogP contribution in [0.1, 0.15) is 58.8 Å². The minimum absolute atomic E-state index is 0.245. The van der Waals surface area contributed by atoms with Crippen molar-refractivity contribution in [3.8, 4) is 0 Å². The molecular formula is C23H35N3O2S. The highest BCUT2D eigenvalue weighted by Crippen LogP contribution is 2.66. The molecule has 0 spiro atoms. The topological polar surface area (TPSA) is 55.2 Å². The third kappa shape index (κ3) is 2.96. The SMILES string of the molecule is C[C@]12CCN(S(C)(=O)=O)CCC1CCC1C2CC[C@]2(C)C(n3ccnc3)=CCC12. The zero-order valence-corrected chi connectivity index (χ0v) is 18.9. The van der Waals surface area contributed by atoms with Crippen molar-refractivity contribution in [1.29, 1.82) is 0 Å². The van der Waals surface area contributed by atoms with Crippen molar-refractivity contribution >= 4 is 15.7 Å². The highest BCUT2D eigenvalue weighted by molar-refractivity contribution is 7.88. The van der Waals surface area contributed by atoms with Crippen LogP contribution in [0, 0.1) is 34.5 Å². The van der Waals surface area contributed by atoms with E-state index in [-0.39, 0.29) is 10.8 Å². The summed E-state index contributed by atoms with van der Waals surface area (Å²) in [4.78, 5) is 4.29. The summed E-state index contributed by atoms with van der Waals surface area (Å²) in [5.74, 6) is 2.87. The molecule has 1 aromatic rings. The zero-order valence-electron chi connectivity index (χ0n) is 18.0. The van der Waals surface area contributed by atoms with E-state index in [9.17, 15) is 8.42 Å². The van der Waals surface area contributed by atoms with E-state index in [4.69, 9.17) is 0 Å². The second-order valence-electron chi connectivity index (χ2n) is 10.6. The van der Waals surface area contributed by atoms with Gasteiger partial charge in [0.2, 0.25) is 10.0 Å². The zero-order chi connectivity index (χ0) is 20.4. The Morgan fingerprint density at radius 1 is 1.07 bits per heavy atom. The van der Waals surface area contributed by atoms with E-state index in [0.29, 0.717) is 24.9 Å². The molecule has 0 amide bonds. The van der Waals surface area contributed by atoms with Gasteiger partial charge in [0, 0.05) is 36.6 Å². The van der Waals surface area contributed by atoms with Crippen molar-refractivity contribution in [3.05, 3.63) is 24.8 Å². The third-order valence-electron chi connectivity index (χ3n) is 9.48. The summed E-state index contributed by atoms with van der Waals surface area (Å²) in [5.41, 5.74) is 1.98. The molecule has 4 aliphatic rings. The van der Waals surface area contributed by atoms with Gasteiger partial charge in [-0.05, 0) is 74.0 Å². The van der Waals surface area contributed by atoms with Gasteiger partial charge in [-0.1, -0.05) is 19.9 Å².